The highest BCUT2D eigenvalue weighted by atomic mass is 16.2. The van der Waals surface area contributed by atoms with E-state index < -0.39 is 5.54 Å². The first-order chi connectivity index (χ1) is 9.41. The number of piperazine rings is 1. The summed E-state index contributed by atoms with van der Waals surface area (Å²) in [4.78, 5) is 32.2. The van der Waals surface area contributed by atoms with Gasteiger partial charge in [0.1, 0.15) is 11.4 Å². The summed E-state index contributed by atoms with van der Waals surface area (Å²) in [6.07, 6.45) is 2.20. The van der Waals surface area contributed by atoms with Gasteiger partial charge < -0.3 is 9.80 Å². The van der Waals surface area contributed by atoms with Crippen LogP contribution in [0.4, 0.5) is 0 Å². The topological polar surface area (TPSA) is 82.2 Å². The second kappa shape index (κ2) is 4.29. The predicted molar refractivity (Wildman–Crippen MR) is 71.1 cm³/mol. The van der Waals surface area contributed by atoms with Gasteiger partial charge in [0.2, 0.25) is 11.7 Å². The van der Waals surface area contributed by atoms with Gasteiger partial charge in [0.15, 0.2) is 0 Å². The third kappa shape index (κ3) is 1.97. The molecule has 1 aromatic heterocycles. The number of H-pyrrole nitrogens is 1. The third-order valence-corrected chi connectivity index (χ3v) is 4.11. The number of nitrogens with one attached hydrogen (secondary N) is 1. The molecule has 1 N–H and O–H groups in total. The fourth-order valence-electron chi connectivity index (χ4n) is 2.60. The molecule has 2 fully saturated rings. The van der Waals surface area contributed by atoms with Crippen LogP contribution in [0, 0.1) is 0 Å². The summed E-state index contributed by atoms with van der Waals surface area (Å²) in [6, 6.07) is 0. The Morgan fingerprint density at radius 1 is 1.35 bits per heavy atom. The molecule has 2 amide bonds. The van der Waals surface area contributed by atoms with Gasteiger partial charge >= 0.3 is 0 Å². The number of carbonyl (C=O) groups excluding carboxylic acids is 2. The summed E-state index contributed by atoms with van der Waals surface area (Å²) in [6.45, 7) is 4.56. The van der Waals surface area contributed by atoms with Crippen LogP contribution in [0.15, 0.2) is 0 Å². The molecule has 0 aromatic carbocycles. The summed E-state index contributed by atoms with van der Waals surface area (Å²) in [5.74, 6) is 1.03. The maximum atomic E-state index is 12.5. The lowest BCUT2D eigenvalue weighted by atomic mass is 9.97. The minimum Gasteiger partial charge on any atom is -0.342 e. The average Bonchev–Trinajstić information content (AvgIpc) is 3.13. The highest BCUT2D eigenvalue weighted by Gasteiger charge is 2.44. The van der Waals surface area contributed by atoms with E-state index in [4.69, 9.17) is 0 Å². The molecule has 2 heterocycles. The molecule has 1 aliphatic carbocycles. The SMILES string of the molecule is CN1CCN(C(=O)c2n[nH]c(C3CC3)n2)C(C)(C)C1=O. The van der Waals surface area contributed by atoms with Gasteiger partial charge in [0.25, 0.3) is 5.91 Å². The van der Waals surface area contributed by atoms with Crippen LogP contribution in [0.3, 0.4) is 0 Å². The van der Waals surface area contributed by atoms with E-state index in [9.17, 15) is 9.59 Å². The minimum atomic E-state index is -0.857. The first kappa shape index (κ1) is 13.1. The maximum Gasteiger partial charge on any atom is 0.294 e. The molecule has 3 rings (SSSR count). The number of hydrogen-bond acceptors (Lipinski definition) is 4. The van der Waals surface area contributed by atoms with E-state index in [1.165, 1.54) is 0 Å². The zero-order valence-corrected chi connectivity index (χ0v) is 12.0. The van der Waals surface area contributed by atoms with Gasteiger partial charge in [-0.15, -0.1) is 5.10 Å². The molecule has 1 aliphatic heterocycles. The Kier molecular flexibility index (Phi) is 2.81. The van der Waals surface area contributed by atoms with Crippen LogP contribution in [0.25, 0.3) is 0 Å². The zero-order chi connectivity index (χ0) is 14.5. The summed E-state index contributed by atoms with van der Waals surface area (Å²) >= 11 is 0. The summed E-state index contributed by atoms with van der Waals surface area (Å²) < 4.78 is 0. The smallest absolute Gasteiger partial charge is 0.294 e. The summed E-state index contributed by atoms with van der Waals surface area (Å²) in [5.41, 5.74) is -0.857. The van der Waals surface area contributed by atoms with Crippen molar-refractivity contribution in [2.45, 2.75) is 38.1 Å². The number of nitrogens with zero attached hydrogens (tertiary/aromatic N) is 4. The minimum absolute atomic E-state index is 0.0601. The third-order valence-electron chi connectivity index (χ3n) is 4.11. The molecular weight excluding hydrogens is 258 g/mol. The van der Waals surface area contributed by atoms with Crippen molar-refractivity contribution in [1.82, 2.24) is 25.0 Å². The van der Waals surface area contributed by atoms with Crippen molar-refractivity contribution in [3.05, 3.63) is 11.6 Å². The van der Waals surface area contributed by atoms with Gasteiger partial charge in [-0.25, -0.2) is 4.98 Å². The van der Waals surface area contributed by atoms with E-state index in [2.05, 4.69) is 15.2 Å². The van der Waals surface area contributed by atoms with Crippen molar-refractivity contribution in [3.8, 4) is 0 Å². The van der Waals surface area contributed by atoms with Crippen LogP contribution < -0.4 is 0 Å². The Morgan fingerprint density at radius 3 is 2.70 bits per heavy atom. The van der Waals surface area contributed by atoms with Gasteiger partial charge in [-0.2, -0.15) is 0 Å². The molecule has 7 nitrogen and oxygen atoms in total. The summed E-state index contributed by atoms with van der Waals surface area (Å²) in [5, 5.41) is 6.84. The lowest BCUT2D eigenvalue weighted by Crippen LogP contribution is -2.63. The monoisotopic (exact) mass is 277 g/mol. The van der Waals surface area contributed by atoms with Crippen molar-refractivity contribution >= 4 is 11.8 Å². The van der Waals surface area contributed by atoms with Crippen LogP contribution in [0.2, 0.25) is 0 Å². The van der Waals surface area contributed by atoms with Crippen LogP contribution in [0.1, 0.15) is 49.1 Å². The second-order valence-corrected chi connectivity index (χ2v) is 6.06. The number of likely N-dealkylation sites (N-methyl/N-ethyl adjacent to an activating group) is 1. The normalized spacial score (nSPS) is 22.2. The molecule has 20 heavy (non-hydrogen) atoms. The summed E-state index contributed by atoms with van der Waals surface area (Å²) in [7, 11) is 1.75. The quantitative estimate of drug-likeness (QED) is 0.847. The van der Waals surface area contributed by atoms with Crippen LogP contribution in [0.5, 0.6) is 0 Å². The molecule has 0 spiro atoms. The Labute approximate surface area is 117 Å². The lowest BCUT2D eigenvalue weighted by Gasteiger charge is -2.44. The Bertz CT molecular complexity index is 561. The van der Waals surface area contributed by atoms with Gasteiger partial charge in [0, 0.05) is 26.1 Å². The van der Waals surface area contributed by atoms with E-state index in [1.807, 2.05) is 0 Å². The maximum absolute atomic E-state index is 12.5. The molecule has 0 unspecified atom stereocenters. The molecule has 1 aromatic rings. The van der Waals surface area contributed by atoms with Crippen molar-refractivity contribution in [2.75, 3.05) is 20.1 Å². The van der Waals surface area contributed by atoms with E-state index in [0.29, 0.717) is 19.0 Å². The zero-order valence-electron chi connectivity index (χ0n) is 12.0. The second-order valence-electron chi connectivity index (χ2n) is 6.06. The molecule has 1 saturated carbocycles. The van der Waals surface area contributed by atoms with E-state index in [0.717, 1.165) is 18.7 Å². The van der Waals surface area contributed by atoms with Crippen LogP contribution >= 0.6 is 0 Å². The fraction of sp³-hybridized carbons (Fsp3) is 0.692. The average molecular weight is 277 g/mol. The van der Waals surface area contributed by atoms with Crippen molar-refractivity contribution in [1.29, 1.82) is 0 Å². The molecule has 1 saturated heterocycles. The molecule has 0 bridgehead atoms. The number of amides is 2. The molecular formula is C13H19N5O2. The number of aromatic nitrogens is 3. The van der Waals surface area contributed by atoms with E-state index in [-0.39, 0.29) is 17.6 Å². The Hall–Kier alpha value is -1.92. The predicted octanol–water partition coefficient (Wildman–Crippen LogP) is 0.375. The first-order valence-electron chi connectivity index (χ1n) is 6.91. The fourth-order valence-corrected chi connectivity index (χ4v) is 2.60. The molecule has 2 aliphatic rings. The highest BCUT2D eigenvalue weighted by Crippen LogP contribution is 2.37. The number of rotatable bonds is 2. The van der Waals surface area contributed by atoms with Gasteiger partial charge in [-0.05, 0) is 26.7 Å². The Morgan fingerprint density at radius 2 is 2.05 bits per heavy atom. The van der Waals surface area contributed by atoms with E-state index >= 15 is 0 Å². The highest BCUT2D eigenvalue weighted by molar-refractivity contribution is 5.97. The number of aromatic amines is 1. The molecule has 7 heteroatoms. The lowest BCUT2D eigenvalue weighted by molar-refractivity contribution is -0.144. The van der Waals surface area contributed by atoms with Crippen molar-refractivity contribution < 1.29 is 9.59 Å². The molecule has 0 atom stereocenters. The van der Waals surface area contributed by atoms with Gasteiger partial charge in [0.05, 0.1) is 0 Å². The van der Waals surface area contributed by atoms with Gasteiger partial charge in [-0.1, -0.05) is 0 Å². The van der Waals surface area contributed by atoms with Gasteiger partial charge in [-0.3, -0.25) is 14.7 Å². The van der Waals surface area contributed by atoms with Crippen LogP contribution in [-0.4, -0.2) is 62.5 Å². The molecule has 108 valence electrons. The van der Waals surface area contributed by atoms with Crippen molar-refractivity contribution in [3.63, 3.8) is 0 Å². The van der Waals surface area contributed by atoms with Crippen molar-refractivity contribution in [2.24, 2.45) is 0 Å². The van der Waals surface area contributed by atoms with E-state index in [1.54, 1.807) is 30.7 Å². The first-order valence-corrected chi connectivity index (χ1v) is 6.91. The number of carbonyl (C=O) groups is 2. The van der Waals surface area contributed by atoms with Crippen LogP contribution in [-0.2, 0) is 4.79 Å². The molecule has 0 radical (unpaired) electrons. The number of hydrogen-bond donors (Lipinski definition) is 1. The Balaban J connectivity index is 1.83. The standard InChI is InChI=1S/C13H19N5O2/c1-13(2)12(20)17(3)6-7-18(13)11(19)10-14-9(15-16-10)8-4-5-8/h8H,4-7H2,1-3H3,(H,14,15,16). The largest absolute Gasteiger partial charge is 0.342 e.